The van der Waals surface area contributed by atoms with Crippen molar-refractivity contribution in [3.63, 3.8) is 0 Å². The highest BCUT2D eigenvalue weighted by Crippen LogP contribution is 2.21. The zero-order valence-electron chi connectivity index (χ0n) is 5.64. The highest BCUT2D eigenvalue weighted by Gasteiger charge is 2.32. The molecule has 60 valence electrons. The summed E-state index contributed by atoms with van der Waals surface area (Å²) in [6.07, 6.45) is 3.52. The zero-order valence-corrected chi connectivity index (χ0v) is 5.64. The van der Waals surface area contributed by atoms with Crippen LogP contribution < -0.4 is 0 Å². The molecule has 0 radical (unpaired) electrons. The first kappa shape index (κ1) is 7.97. The van der Waals surface area contributed by atoms with Gasteiger partial charge in [-0.1, -0.05) is 0 Å². The Kier molecular flexibility index (Phi) is 1.80. The summed E-state index contributed by atoms with van der Waals surface area (Å²) in [6.45, 7) is 0. The minimum absolute atomic E-state index is 0.138. The maximum absolute atomic E-state index is 10.2. The topological polar surface area (TPSA) is 77.8 Å². The Labute approximate surface area is 63.1 Å². The molecule has 1 unspecified atom stereocenters. The normalized spacial score (nSPS) is 27.8. The number of hydrogen-bond acceptors (Lipinski definition) is 4. The Morgan fingerprint density at radius 3 is 2.64 bits per heavy atom. The van der Waals surface area contributed by atoms with E-state index in [-0.39, 0.29) is 5.76 Å². The molecule has 0 fully saturated rings. The first-order valence-electron chi connectivity index (χ1n) is 3.06. The molecule has 1 atom stereocenters. The molecule has 0 aromatic rings. The van der Waals surface area contributed by atoms with Gasteiger partial charge in [0.15, 0.2) is 5.79 Å². The molecule has 4 nitrogen and oxygen atoms in total. The van der Waals surface area contributed by atoms with Gasteiger partial charge in [0.25, 0.3) is 0 Å². The van der Waals surface area contributed by atoms with Crippen LogP contribution >= 0.6 is 0 Å². The third-order valence-corrected chi connectivity index (χ3v) is 1.49. The van der Waals surface area contributed by atoms with Gasteiger partial charge in [0.2, 0.25) is 0 Å². The summed E-state index contributed by atoms with van der Waals surface area (Å²) >= 11 is 0. The van der Waals surface area contributed by atoms with Crippen molar-refractivity contribution in [1.29, 1.82) is 0 Å². The second kappa shape index (κ2) is 2.48. The second-order valence-corrected chi connectivity index (χ2v) is 2.37. The number of carbonyl (C=O) groups is 1. The average molecular weight is 156 g/mol. The molecular formula is C7H8O4. The van der Waals surface area contributed by atoms with E-state index in [9.17, 15) is 4.79 Å². The first-order valence-corrected chi connectivity index (χ1v) is 3.06. The van der Waals surface area contributed by atoms with Gasteiger partial charge in [0, 0.05) is 0 Å². The van der Waals surface area contributed by atoms with Crippen LogP contribution in [-0.4, -0.2) is 27.4 Å². The monoisotopic (exact) mass is 156 g/mol. The Bertz CT molecular complexity index is 227. The van der Waals surface area contributed by atoms with E-state index in [4.69, 9.17) is 15.3 Å². The fourth-order valence-electron chi connectivity index (χ4n) is 0.821. The van der Waals surface area contributed by atoms with Gasteiger partial charge < -0.3 is 20.1 Å². The van der Waals surface area contributed by atoms with Crippen LogP contribution in [0, 0.1) is 5.92 Å². The third-order valence-electron chi connectivity index (χ3n) is 1.49. The molecule has 1 aliphatic carbocycles. The highest BCUT2D eigenvalue weighted by molar-refractivity contribution is 5.60. The van der Waals surface area contributed by atoms with Crippen molar-refractivity contribution in [3.8, 4) is 0 Å². The standard InChI is InChI=1S/C7H8O4/c8-4-5-3-6(9)1-2-7(5,10)11/h1-5,9-11H. The summed E-state index contributed by atoms with van der Waals surface area (Å²) < 4.78 is 0. The Morgan fingerprint density at radius 2 is 2.18 bits per heavy atom. The third kappa shape index (κ3) is 1.47. The largest absolute Gasteiger partial charge is 0.508 e. The molecule has 0 amide bonds. The maximum atomic E-state index is 10.2. The molecule has 4 heteroatoms. The lowest BCUT2D eigenvalue weighted by atomic mass is 9.95. The van der Waals surface area contributed by atoms with Crippen molar-refractivity contribution in [3.05, 3.63) is 24.0 Å². The molecule has 0 saturated carbocycles. The predicted molar refractivity (Wildman–Crippen MR) is 36.6 cm³/mol. The summed E-state index contributed by atoms with van der Waals surface area (Å²) in [5, 5.41) is 26.9. The molecule has 0 bridgehead atoms. The summed E-state index contributed by atoms with van der Waals surface area (Å²) in [7, 11) is 0. The number of aliphatic hydroxyl groups is 3. The van der Waals surface area contributed by atoms with Crippen molar-refractivity contribution in [2.24, 2.45) is 5.92 Å². The summed E-state index contributed by atoms with van der Waals surface area (Å²) in [5.41, 5.74) is 0. The van der Waals surface area contributed by atoms with Gasteiger partial charge in [0.05, 0.1) is 5.92 Å². The van der Waals surface area contributed by atoms with Gasteiger partial charge >= 0.3 is 0 Å². The molecule has 1 rings (SSSR count). The molecule has 0 spiro atoms. The summed E-state index contributed by atoms with van der Waals surface area (Å²) in [6, 6.07) is 0. The van der Waals surface area contributed by atoms with E-state index >= 15 is 0 Å². The van der Waals surface area contributed by atoms with Crippen molar-refractivity contribution < 1.29 is 20.1 Å². The van der Waals surface area contributed by atoms with Crippen LogP contribution in [0.2, 0.25) is 0 Å². The lowest BCUT2D eigenvalue weighted by Crippen LogP contribution is -2.37. The molecule has 0 heterocycles. The number of allylic oxidation sites excluding steroid dienone is 1. The van der Waals surface area contributed by atoms with Crippen molar-refractivity contribution >= 4 is 6.29 Å². The van der Waals surface area contributed by atoms with Gasteiger partial charge in [0.1, 0.15) is 12.0 Å². The molecule has 0 aliphatic heterocycles. The number of aldehydes is 1. The SMILES string of the molecule is O=CC1C=C(O)C=CC1(O)O. The lowest BCUT2D eigenvalue weighted by Gasteiger charge is -2.24. The predicted octanol–water partition coefficient (Wildman–Crippen LogP) is -0.506. The van der Waals surface area contributed by atoms with Crippen molar-refractivity contribution in [2.45, 2.75) is 5.79 Å². The number of aliphatic hydroxyl groups excluding tert-OH is 1. The summed E-state index contributed by atoms with van der Waals surface area (Å²) in [5.74, 6) is -3.39. The quantitative estimate of drug-likeness (QED) is 0.353. The lowest BCUT2D eigenvalue weighted by molar-refractivity contribution is -0.155. The van der Waals surface area contributed by atoms with E-state index in [2.05, 4.69) is 0 Å². The van der Waals surface area contributed by atoms with Gasteiger partial charge in [-0.15, -0.1) is 0 Å². The number of carbonyl (C=O) groups excluding carboxylic acids is 1. The van der Waals surface area contributed by atoms with Crippen LogP contribution in [0.15, 0.2) is 24.0 Å². The Morgan fingerprint density at radius 1 is 1.55 bits per heavy atom. The van der Waals surface area contributed by atoms with E-state index < -0.39 is 11.7 Å². The van der Waals surface area contributed by atoms with Gasteiger partial charge in [-0.2, -0.15) is 0 Å². The zero-order chi connectivity index (χ0) is 8.48. The fourth-order valence-corrected chi connectivity index (χ4v) is 0.821. The second-order valence-electron chi connectivity index (χ2n) is 2.37. The van der Waals surface area contributed by atoms with Crippen LogP contribution in [0.25, 0.3) is 0 Å². The number of hydrogen-bond donors (Lipinski definition) is 3. The van der Waals surface area contributed by atoms with E-state index in [0.29, 0.717) is 6.29 Å². The van der Waals surface area contributed by atoms with E-state index in [1.165, 1.54) is 0 Å². The van der Waals surface area contributed by atoms with Crippen LogP contribution in [-0.2, 0) is 4.79 Å². The van der Waals surface area contributed by atoms with Crippen LogP contribution in [0.4, 0.5) is 0 Å². The van der Waals surface area contributed by atoms with Gasteiger partial charge in [-0.05, 0) is 18.2 Å². The summed E-state index contributed by atoms with van der Waals surface area (Å²) in [4.78, 5) is 10.2. The Hall–Kier alpha value is -1.13. The molecule has 0 saturated heterocycles. The first-order chi connectivity index (χ1) is 5.06. The van der Waals surface area contributed by atoms with Crippen molar-refractivity contribution in [1.82, 2.24) is 0 Å². The average Bonchev–Trinajstić information content (AvgIpc) is 1.94. The molecule has 0 aromatic heterocycles. The molecule has 1 aliphatic rings. The van der Waals surface area contributed by atoms with E-state index in [0.717, 1.165) is 18.2 Å². The molecule has 11 heavy (non-hydrogen) atoms. The van der Waals surface area contributed by atoms with E-state index in [1.807, 2.05) is 0 Å². The van der Waals surface area contributed by atoms with Crippen LogP contribution in [0.3, 0.4) is 0 Å². The van der Waals surface area contributed by atoms with Gasteiger partial charge in [-0.3, -0.25) is 0 Å². The molecule has 3 N–H and O–H groups in total. The molecule has 0 aromatic carbocycles. The number of rotatable bonds is 1. The fraction of sp³-hybridized carbons (Fsp3) is 0.286. The van der Waals surface area contributed by atoms with Gasteiger partial charge in [-0.25, -0.2) is 0 Å². The van der Waals surface area contributed by atoms with Crippen LogP contribution in [0.5, 0.6) is 0 Å². The molecular weight excluding hydrogens is 148 g/mol. The maximum Gasteiger partial charge on any atom is 0.196 e. The minimum Gasteiger partial charge on any atom is -0.508 e. The van der Waals surface area contributed by atoms with Crippen molar-refractivity contribution in [2.75, 3.05) is 0 Å². The van der Waals surface area contributed by atoms with Crippen LogP contribution in [0.1, 0.15) is 0 Å². The van der Waals surface area contributed by atoms with E-state index in [1.54, 1.807) is 0 Å². The highest BCUT2D eigenvalue weighted by atomic mass is 16.5. The smallest absolute Gasteiger partial charge is 0.196 e. The minimum atomic E-state index is -2.16. The Balaban J connectivity index is 2.92.